The molecule has 0 amide bonds. The summed E-state index contributed by atoms with van der Waals surface area (Å²) in [5, 5.41) is 0. The molecule has 0 aromatic heterocycles. The van der Waals surface area contributed by atoms with E-state index < -0.39 is 0 Å². The third-order valence-electron chi connectivity index (χ3n) is 2.18. The van der Waals surface area contributed by atoms with E-state index in [1.54, 1.807) is 0 Å². The van der Waals surface area contributed by atoms with Crippen molar-refractivity contribution in [3.63, 3.8) is 0 Å². The topological polar surface area (TPSA) is 0 Å². The van der Waals surface area contributed by atoms with Gasteiger partial charge >= 0.3 is 0 Å². The number of hydrogen-bond acceptors (Lipinski definition) is 0. The fourth-order valence-corrected chi connectivity index (χ4v) is 1.29. The van der Waals surface area contributed by atoms with Gasteiger partial charge in [-0.3, -0.25) is 0 Å². The number of allylic oxidation sites excluding steroid dienone is 2. The second-order valence-corrected chi connectivity index (χ2v) is 3.10. The van der Waals surface area contributed by atoms with Crippen molar-refractivity contribution < 1.29 is 0 Å². The third kappa shape index (κ3) is 0.795. The van der Waals surface area contributed by atoms with Gasteiger partial charge in [-0.25, -0.2) is 0 Å². The average Bonchev–Trinajstić information content (AvgIpc) is 2.36. The van der Waals surface area contributed by atoms with Crippen molar-refractivity contribution in [1.82, 2.24) is 0 Å². The van der Waals surface area contributed by atoms with Gasteiger partial charge in [-0.2, -0.15) is 0 Å². The fraction of sp³-hybridized carbons (Fsp3) is 0.750. The second-order valence-electron chi connectivity index (χ2n) is 3.10. The summed E-state index contributed by atoms with van der Waals surface area (Å²) in [5.74, 6) is 2.12. The third-order valence-corrected chi connectivity index (χ3v) is 2.18. The highest BCUT2D eigenvalue weighted by Crippen LogP contribution is 2.38. The molecule has 0 spiro atoms. The zero-order valence-electron chi connectivity index (χ0n) is 5.14. The quantitative estimate of drug-likeness (QED) is 0.476. The van der Waals surface area contributed by atoms with Crippen molar-refractivity contribution in [3.8, 4) is 0 Å². The Labute approximate surface area is 50.6 Å². The van der Waals surface area contributed by atoms with Gasteiger partial charge in [0.1, 0.15) is 0 Å². The summed E-state index contributed by atoms with van der Waals surface area (Å²) in [6.45, 7) is 0. The van der Waals surface area contributed by atoms with Crippen LogP contribution in [0.25, 0.3) is 0 Å². The summed E-state index contributed by atoms with van der Waals surface area (Å²) >= 11 is 0. The summed E-state index contributed by atoms with van der Waals surface area (Å²) in [6.07, 6.45) is 10.5. The van der Waals surface area contributed by atoms with Crippen LogP contribution in [0.4, 0.5) is 0 Å². The number of rotatable bonds is 2. The standard InChI is InChI=1S/C8H12/c1-2-7(3-1)6-8-4-5-8/h1-2,7-8H,3-6H2. The van der Waals surface area contributed by atoms with Gasteiger partial charge in [0.2, 0.25) is 0 Å². The van der Waals surface area contributed by atoms with Crippen LogP contribution < -0.4 is 0 Å². The van der Waals surface area contributed by atoms with Crippen molar-refractivity contribution in [2.75, 3.05) is 0 Å². The predicted molar refractivity (Wildman–Crippen MR) is 34.6 cm³/mol. The van der Waals surface area contributed by atoms with Crippen LogP contribution in [0.3, 0.4) is 0 Å². The highest BCUT2D eigenvalue weighted by atomic mass is 14.3. The Balaban J connectivity index is 1.75. The highest BCUT2D eigenvalue weighted by molar-refractivity contribution is 5.03. The Morgan fingerprint density at radius 1 is 1.38 bits per heavy atom. The van der Waals surface area contributed by atoms with Gasteiger partial charge in [-0.1, -0.05) is 25.0 Å². The molecule has 0 radical (unpaired) electrons. The molecule has 0 aliphatic heterocycles. The smallest absolute Gasteiger partial charge is 0.0196 e. The first-order valence-electron chi connectivity index (χ1n) is 3.62. The van der Waals surface area contributed by atoms with Crippen LogP contribution >= 0.6 is 0 Å². The Bertz CT molecular complexity index is 109. The van der Waals surface area contributed by atoms with E-state index in [4.69, 9.17) is 0 Å². The van der Waals surface area contributed by atoms with Crippen molar-refractivity contribution in [2.45, 2.75) is 25.7 Å². The minimum atomic E-state index is 0.988. The molecule has 0 heterocycles. The Kier molecular flexibility index (Phi) is 0.927. The molecule has 8 heavy (non-hydrogen) atoms. The number of hydrogen-bond donors (Lipinski definition) is 0. The lowest BCUT2D eigenvalue weighted by atomic mass is 9.90. The lowest BCUT2D eigenvalue weighted by Crippen LogP contribution is -2.02. The lowest BCUT2D eigenvalue weighted by molar-refractivity contribution is 0.518. The zero-order chi connectivity index (χ0) is 5.40. The van der Waals surface area contributed by atoms with E-state index in [1.165, 1.54) is 25.7 Å². The van der Waals surface area contributed by atoms with Gasteiger partial charge in [0.15, 0.2) is 0 Å². The van der Waals surface area contributed by atoms with Crippen molar-refractivity contribution >= 4 is 0 Å². The van der Waals surface area contributed by atoms with Gasteiger partial charge in [0, 0.05) is 0 Å². The van der Waals surface area contributed by atoms with E-state index in [-0.39, 0.29) is 0 Å². The minimum absolute atomic E-state index is 0.988. The molecular formula is C8H12. The Morgan fingerprint density at radius 3 is 2.50 bits per heavy atom. The van der Waals surface area contributed by atoms with Crippen molar-refractivity contribution in [2.24, 2.45) is 11.8 Å². The van der Waals surface area contributed by atoms with Gasteiger partial charge in [0.05, 0.1) is 0 Å². The molecule has 1 saturated carbocycles. The van der Waals surface area contributed by atoms with E-state index in [9.17, 15) is 0 Å². The largest absolute Gasteiger partial charge is 0.0877 e. The normalized spacial score (nSPS) is 34.8. The van der Waals surface area contributed by atoms with Crippen LogP contribution in [-0.2, 0) is 0 Å². The van der Waals surface area contributed by atoms with Crippen LogP contribution in [0.15, 0.2) is 12.2 Å². The summed E-state index contributed by atoms with van der Waals surface area (Å²) in [7, 11) is 0. The monoisotopic (exact) mass is 108 g/mol. The van der Waals surface area contributed by atoms with E-state index in [0.29, 0.717) is 0 Å². The molecule has 0 heteroatoms. The molecule has 0 saturated heterocycles. The minimum Gasteiger partial charge on any atom is -0.0877 e. The van der Waals surface area contributed by atoms with Crippen LogP contribution in [0, 0.1) is 11.8 Å². The van der Waals surface area contributed by atoms with E-state index in [2.05, 4.69) is 12.2 Å². The first kappa shape index (κ1) is 4.60. The molecule has 0 N–H and O–H groups in total. The van der Waals surface area contributed by atoms with Crippen LogP contribution in [-0.4, -0.2) is 0 Å². The molecule has 0 aromatic rings. The maximum absolute atomic E-state index is 2.36. The van der Waals surface area contributed by atoms with Crippen LogP contribution in [0.1, 0.15) is 25.7 Å². The average molecular weight is 108 g/mol. The SMILES string of the molecule is C1=CC(CC2CC2)C1. The Morgan fingerprint density at radius 2 is 2.12 bits per heavy atom. The molecule has 2 rings (SSSR count). The maximum atomic E-state index is 2.36. The molecular weight excluding hydrogens is 96.1 g/mol. The maximum Gasteiger partial charge on any atom is -0.0196 e. The zero-order valence-corrected chi connectivity index (χ0v) is 5.14. The van der Waals surface area contributed by atoms with Gasteiger partial charge in [0.25, 0.3) is 0 Å². The Hall–Kier alpha value is -0.260. The van der Waals surface area contributed by atoms with Crippen LogP contribution in [0.5, 0.6) is 0 Å². The summed E-state index contributed by atoms with van der Waals surface area (Å²) in [4.78, 5) is 0. The predicted octanol–water partition coefficient (Wildman–Crippen LogP) is 2.36. The molecule has 0 bridgehead atoms. The van der Waals surface area contributed by atoms with Crippen molar-refractivity contribution in [3.05, 3.63) is 12.2 Å². The highest BCUT2D eigenvalue weighted by Gasteiger charge is 2.25. The summed E-state index contributed by atoms with van der Waals surface area (Å²) < 4.78 is 0. The second kappa shape index (κ2) is 1.61. The molecule has 1 atom stereocenters. The van der Waals surface area contributed by atoms with Gasteiger partial charge in [-0.15, -0.1) is 0 Å². The fourth-order valence-electron chi connectivity index (χ4n) is 1.29. The van der Waals surface area contributed by atoms with Crippen LogP contribution in [0.2, 0.25) is 0 Å². The van der Waals surface area contributed by atoms with Crippen molar-refractivity contribution in [1.29, 1.82) is 0 Å². The molecule has 0 nitrogen and oxygen atoms in total. The molecule has 2 aliphatic rings. The summed E-state index contributed by atoms with van der Waals surface area (Å²) in [5.41, 5.74) is 0. The molecule has 1 unspecified atom stereocenters. The molecule has 1 fully saturated rings. The lowest BCUT2D eigenvalue weighted by Gasteiger charge is -2.15. The molecule has 0 aromatic carbocycles. The molecule has 44 valence electrons. The molecule has 2 aliphatic carbocycles. The van der Waals surface area contributed by atoms with E-state index in [1.807, 2.05) is 0 Å². The van der Waals surface area contributed by atoms with Gasteiger partial charge in [-0.05, 0) is 24.7 Å². The first-order chi connectivity index (χ1) is 3.95. The first-order valence-corrected chi connectivity index (χ1v) is 3.62. The summed E-state index contributed by atoms with van der Waals surface area (Å²) in [6, 6.07) is 0. The van der Waals surface area contributed by atoms with Gasteiger partial charge < -0.3 is 0 Å². The van der Waals surface area contributed by atoms with E-state index in [0.717, 1.165) is 11.8 Å². The van der Waals surface area contributed by atoms with E-state index >= 15 is 0 Å².